The fraction of sp³-hybridized carbons (Fsp3) is 0.500. The van der Waals surface area contributed by atoms with Crippen molar-refractivity contribution in [2.75, 3.05) is 37.7 Å². The first-order chi connectivity index (χ1) is 11.1. The van der Waals surface area contributed by atoms with Crippen molar-refractivity contribution in [1.82, 2.24) is 4.90 Å². The van der Waals surface area contributed by atoms with Crippen molar-refractivity contribution in [1.29, 1.82) is 0 Å². The summed E-state index contributed by atoms with van der Waals surface area (Å²) >= 11 is 3.39. The fourth-order valence-electron chi connectivity index (χ4n) is 3.04. The SMILES string of the molecule is NC[C@H]1CCN(C(=O)CCN2C(=O)COc3cc(Br)ccc32)C1. The van der Waals surface area contributed by atoms with Crippen molar-refractivity contribution in [2.24, 2.45) is 11.7 Å². The van der Waals surface area contributed by atoms with Crippen LogP contribution < -0.4 is 15.4 Å². The number of benzene rings is 1. The van der Waals surface area contributed by atoms with Gasteiger partial charge < -0.3 is 20.3 Å². The molecule has 2 aliphatic rings. The maximum Gasteiger partial charge on any atom is 0.265 e. The van der Waals surface area contributed by atoms with Crippen LogP contribution in [0.5, 0.6) is 5.75 Å². The molecule has 2 amide bonds. The molecule has 0 unspecified atom stereocenters. The number of hydrogen-bond acceptors (Lipinski definition) is 4. The highest BCUT2D eigenvalue weighted by atomic mass is 79.9. The van der Waals surface area contributed by atoms with Crippen LogP contribution in [-0.4, -0.2) is 49.5 Å². The standard InChI is InChI=1S/C16H20BrN3O3/c17-12-1-2-13-14(7-12)23-10-16(22)20(13)6-4-15(21)19-5-3-11(8-18)9-19/h1-2,7,11H,3-6,8-10,18H2/t11-/m1/s1. The van der Waals surface area contributed by atoms with Crippen LogP contribution >= 0.6 is 15.9 Å². The van der Waals surface area contributed by atoms with Crippen LogP contribution in [0.2, 0.25) is 0 Å². The third-order valence-electron chi connectivity index (χ3n) is 4.39. The predicted octanol–water partition coefficient (Wildman–Crippen LogP) is 1.37. The summed E-state index contributed by atoms with van der Waals surface area (Å²) in [6, 6.07) is 5.53. The highest BCUT2D eigenvalue weighted by Crippen LogP contribution is 2.34. The summed E-state index contributed by atoms with van der Waals surface area (Å²) in [7, 11) is 0. The molecule has 0 aromatic heterocycles. The summed E-state index contributed by atoms with van der Waals surface area (Å²) in [6.45, 7) is 2.50. The van der Waals surface area contributed by atoms with Crippen molar-refractivity contribution in [3.63, 3.8) is 0 Å². The van der Waals surface area contributed by atoms with Gasteiger partial charge in [0.1, 0.15) is 5.75 Å². The summed E-state index contributed by atoms with van der Waals surface area (Å²) in [6.07, 6.45) is 1.29. The Morgan fingerprint density at radius 1 is 1.43 bits per heavy atom. The molecule has 7 heteroatoms. The number of halogens is 1. The maximum atomic E-state index is 12.3. The summed E-state index contributed by atoms with van der Waals surface area (Å²) in [4.78, 5) is 27.9. The van der Waals surface area contributed by atoms with Gasteiger partial charge >= 0.3 is 0 Å². The van der Waals surface area contributed by atoms with Gasteiger partial charge in [-0.05, 0) is 37.1 Å². The van der Waals surface area contributed by atoms with Gasteiger partial charge in [0.15, 0.2) is 6.61 Å². The second-order valence-corrected chi connectivity index (χ2v) is 6.84. The van der Waals surface area contributed by atoms with Gasteiger partial charge in [-0.3, -0.25) is 9.59 Å². The quantitative estimate of drug-likeness (QED) is 0.854. The van der Waals surface area contributed by atoms with Gasteiger partial charge in [-0.15, -0.1) is 0 Å². The van der Waals surface area contributed by atoms with Crippen LogP contribution in [0.4, 0.5) is 5.69 Å². The number of nitrogens with two attached hydrogens (primary N) is 1. The third kappa shape index (κ3) is 3.50. The Labute approximate surface area is 143 Å². The average Bonchev–Trinajstić information content (AvgIpc) is 3.03. The second-order valence-electron chi connectivity index (χ2n) is 5.93. The number of likely N-dealkylation sites (tertiary alicyclic amines) is 1. The lowest BCUT2D eigenvalue weighted by molar-refractivity contribution is -0.130. The molecule has 1 aromatic rings. The van der Waals surface area contributed by atoms with Gasteiger partial charge in [0.25, 0.3) is 5.91 Å². The lowest BCUT2D eigenvalue weighted by Crippen LogP contribution is -2.41. The molecule has 2 N–H and O–H groups in total. The lowest BCUT2D eigenvalue weighted by Gasteiger charge is -2.30. The number of nitrogens with zero attached hydrogens (tertiary/aromatic N) is 2. The molecule has 0 spiro atoms. The number of fused-ring (bicyclic) bond motifs is 1. The van der Waals surface area contributed by atoms with E-state index in [-0.39, 0.29) is 18.4 Å². The zero-order valence-electron chi connectivity index (χ0n) is 12.8. The predicted molar refractivity (Wildman–Crippen MR) is 90.3 cm³/mol. The van der Waals surface area contributed by atoms with Crippen LogP contribution in [0.25, 0.3) is 0 Å². The van der Waals surface area contributed by atoms with Gasteiger partial charge in [-0.2, -0.15) is 0 Å². The topological polar surface area (TPSA) is 75.9 Å². The van der Waals surface area contributed by atoms with Crippen molar-refractivity contribution in [3.8, 4) is 5.75 Å². The van der Waals surface area contributed by atoms with Gasteiger partial charge in [0.2, 0.25) is 5.91 Å². The minimum absolute atomic E-state index is 0.0105. The highest BCUT2D eigenvalue weighted by Gasteiger charge is 2.29. The Hall–Kier alpha value is -1.60. The minimum atomic E-state index is -0.117. The Morgan fingerprint density at radius 3 is 3.00 bits per heavy atom. The van der Waals surface area contributed by atoms with Crippen LogP contribution in [0.1, 0.15) is 12.8 Å². The van der Waals surface area contributed by atoms with Crippen molar-refractivity contribution in [3.05, 3.63) is 22.7 Å². The van der Waals surface area contributed by atoms with E-state index in [4.69, 9.17) is 10.5 Å². The Bertz CT molecular complexity index is 623. The number of amides is 2. The van der Waals surface area contributed by atoms with Gasteiger partial charge in [-0.25, -0.2) is 0 Å². The monoisotopic (exact) mass is 381 g/mol. The van der Waals surface area contributed by atoms with Crippen LogP contribution in [0, 0.1) is 5.92 Å². The summed E-state index contributed by atoms with van der Waals surface area (Å²) in [5.41, 5.74) is 6.38. The molecular weight excluding hydrogens is 362 g/mol. The van der Waals surface area contributed by atoms with Crippen molar-refractivity contribution >= 4 is 33.4 Å². The second kappa shape index (κ2) is 6.88. The van der Waals surface area contributed by atoms with E-state index in [2.05, 4.69) is 15.9 Å². The third-order valence-corrected chi connectivity index (χ3v) is 4.88. The number of ether oxygens (including phenoxy) is 1. The molecular formula is C16H20BrN3O3. The first-order valence-corrected chi connectivity index (χ1v) is 8.58. The Balaban J connectivity index is 1.64. The van der Waals surface area contributed by atoms with E-state index in [9.17, 15) is 9.59 Å². The van der Waals surface area contributed by atoms with Gasteiger partial charge in [0.05, 0.1) is 5.69 Å². The normalized spacial score (nSPS) is 20.4. The summed E-state index contributed by atoms with van der Waals surface area (Å²) < 4.78 is 6.35. The number of carbonyl (C=O) groups is 2. The molecule has 1 saturated heterocycles. The van der Waals surface area contributed by atoms with E-state index in [1.54, 1.807) is 4.90 Å². The molecule has 1 fully saturated rings. The zero-order valence-corrected chi connectivity index (χ0v) is 14.4. The molecule has 0 saturated carbocycles. The molecule has 124 valence electrons. The number of rotatable bonds is 4. The van der Waals surface area contributed by atoms with Crippen molar-refractivity contribution in [2.45, 2.75) is 12.8 Å². The largest absolute Gasteiger partial charge is 0.482 e. The molecule has 6 nitrogen and oxygen atoms in total. The summed E-state index contributed by atoms with van der Waals surface area (Å²) in [5, 5.41) is 0. The lowest BCUT2D eigenvalue weighted by atomic mass is 10.1. The first-order valence-electron chi connectivity index (χ1n) is 7.79. The smallest absolute Gasteiger partial charge is 0.265 e. The van der Waals surface area contributed by atoms with E-state index in [1.807, 2.05) is 23.1 Å². The van der Waals surface area contributed by atoms with Crippen LogP contribution in [0.15, 0.2) is 22.7 Å². The van der Waals surface area contributed by atoms with Crippen molar-refractivity contribution < 1.29 is 14.3 Å². The molecule has 3 rings (SSSR count). The van der Waals surface area contributed by atoms with Gasteiger partial charge in [-0.1, -0.05) is 15.9 Å². The number of anilines is 1. The summed E-state index contributed by atoms with van der Waals surface area (Å²) in [5.74, 6) is 1.03. The molecule has 0 bridgehead atoms. The molecule has 2 aliphatic heterocycles. The highest BCUT2D eigenvalue weighted by molar-refractivity contribution is 9.10. The van der Waals surface area contributed by atoms with E-state index < -0.39 is 0 Å². The maximum absolute atomic E-state index is 12.3. The Kier molecular flexibility index (Phi) is 4.87. The average molecular weight is 382 g/mol. The van der Waals surface area contributed by atoms with E-state index >= 15 is 0 Å². The fourth-order valence-corrected chi connectivity index (χ4v) is 3.38. The van der Waals surface area contributed by atoms with E-state index in [1.165, 1.54) is 0 Å². The zero-order chi connectivity index (χ0) is 16.4. The van der Waals surface area contributed by atoms with E-state index in [0.29, 0.717) is 31.2 Å². The molecule has 1 atom stereocenters. The van der Waals surface area contributed by atoms with Gasteiger partial charge in [0, 0.05) is 30.5 Å². The molecule has 23 heavy (non-hydrogen) atoms. The number of carbonyl (C=O) groups excluding carboxylic acids is 2. The minimum Gasteiger partial charge on any atom is -0.482 e. The van der Waals surface area contributed by atoms with Crippen LogP contribution in [-0.2, 0) is 9.59 Å². The molecule has 0 radical (unpaired) electrons. The first kappa shape index (κ1) is 16.3. The molecule has 2 heterocycles. The van der Waals surface area contributed by atoms with E-state index in [0.717, 1.165) is 29.7 Å². The van der Waals surface area contributed by atoms with Crippen LogP contribution in [0.3, 0.4) is 0 Å². The molecule has 0 aliphatic carbocycles. The molecule has 1 aromatic carbocycles. The Morgan fingerprint density at radius 2 is 2.26 bits per heavy atom. The number of hydrogen-bond donors (Lipinski definition) is 1.